The molecule has 1 atom stereocenters. The minimum absolute atomic E-state index is 0.0551. The Kier molecular flexibility index (Phi) is 4.86. The topological polar surface area (TPSA) is 31.9 Å². The Morgan fingerprint density at radius 1 is 1.15 bits per heavy atom. The van der Waals surface area contributed by atoms with Gasteiger partial charge in [0, 0.05) is 11.6 Å². The monoisotopic (exact) mass is 393 g/mol. The lowest BCUT2D eigenvalue weighted by molar-refractivity contribution is -0.137. The van der Waals surface area contributed by atoms with E-state index in [1.807, 2.05) is 12.1 Å². The molecule has 142 valence electrons. The van der Waals surface area contributed by atoms with Gasteiger partial charge >= 0.3 is 6.18 Å². The molecule has 2 aromatic carbocycles. The largest absolute Gasteiger partial charge is 0.416 e. The highest BCUT2D eigenvalue weighted by Crippen LogP contribution is 2.34. The van der Waals surface area contributed by atoms with Gasteiger partial charge in [-0.25, -0.2) is 4.98 Å². The summed E-state index contributed by atoms with van der Waals surface area (Å²) in [5.74, 6) is 0.846. The van der Waals surface area contributed by atoms with Crippen molar-refractivity contribution in [2.75, 3.05) is 6.54 Å². The average Bonchev–Trinajstić information content (AvgIpc) is 3.04. The number of fused-ring (bicyclic) bond motifs is 1. The number of halogens is 4. The molecule has 3 nitrogen and oxygen atoms in total. The molecule has 1 aromatic heterocycles. The minimum Gasteiger partial charge on any atom is -0.341 e. The van der Waals surface area contributed by atoms with E-state index in [1.165, 1.54) is 12.1 Å². The predicted molar refractivity (Wildman–Crippen MR) is 99.5 cm³/mol. The number of imidazole rings is 1. The van der Waals surface area contributed by atoms with Crippen LogP contribution in [0.3, 0.4) is 0 Å². The quantitative estimate of drug-likeness (QED) is 0.595. The molecule has 3 aromatic rings. The summed E-state index contributed by atoms with van der Waals surface area (Å²) < 4.78 is 39.0. The average molecular weight is 394 g/mol. The van der Waals surface area contributed by atoms with E-state index in [2.05, 4.69) is 9.88 Å². The fourth-order valence-corrected chi connectivity index (χ4v) is 3.90. The van der Waals surface area contributed by atoms with Gasteiger partial charge in [0.1, 0.15) is 5.82 Å². The maximum absolute atomic E-state index is 13.0. The van der Waals surface area contributed by atoms with E-state index in [1.54, 1.807) is 12.1 Å². The van der Waals surface area contributed by atoms with Crippen molar-refractivity contribution in [1.82, 2.24) is 14.9 Å². The second kappa shape index (κ2) is 7.17. The van der Waals surface area contributed by atoms with Crippen LogP contribution in [0, 0.1) is 0 Å². The van der Waals surface area contributed by atoms with Crippen LogP contribution in [0.4, 0.5) is 13.2 Å². The number of aromatic nitrogens is 2. The molecule has 0 amide bonds. The Morgan fingerprint density at radius 3 is 2.81 bits per heavy atom. The molecule has 27 heavy (non-hydrogen) atoms. The smallest absolute Gasteiger partial charge is 0.341 e. The van der Waals surface area contributed by atoms with Gasteiger partial charge in [-0.2, -0.15) is 13.2 Å². The van der Waals surface area contributed by atoms with Gasteiger partial charge < -0.3 is 4.98 Å². The molecular weight excluding hydrogens is 375 g/mol. The number of piperidine rings is 1. The lowest BCUT2D eigenvalue weighted by Crippen LogP contribution is -2.33. The molecule has 0 aliphatic carbocycles. The maximum Gasteiger partial charge on any atom is 0.416 e. The molecule has 2 heterocycles. The Labute approximate surface area is 160 Å². The summed E-state index contributed by atoms with van der Waals surface area (Å²) in [6, 6.07) is 11.1. The third-order valence-electron chi connectivity index (χ3n) is 5.03. The first-order chi connectivity index (χ1) is 12.9. The van der Waals surface area contributed by atoms with Crippen LogP contribution in [0.25, 0.3) is 11.0 Å². The molecule has 4 rings (SSSR count). The predicted octanol–water partition coefficient (Wildman–Crippen LogP) is 5.96. The highest BCUT2D eigenvalue weighted by Gasteiger charge is 2.31. The second-order valence-electron chi connectivity index (χ2n) is 6.96. The molecule has 1 N–H and O–H groups in total. The molecule has 1 aliphatic rings. The molecule has 0 radical (unpaired) electrons. The molecule has 0 spiro atoms. The number of nitrogens with zero attached hydrogens (tertiary/aromatic N) is 2. The maximum atomic E-state index is 13.0. The van der Waals surface area contributed by atoms with Crippen molar-refractivity contribution in [3.05, 3.63) is 64.4 Å². The van der Waals surface area contributed by atoms with Crippen LogP contribution in [-0.4, -0.2) is 21.4 Å². The van der Waals surface area contributed by atoms with E-state index in [0.29, 0.717) is 17.1 Å². The van der Waals surface area contributed by atoms with Crippen molar-refractivity contribution in [2.24, 2.45) is 0 Å². The third kappa shape index (κ3) is 3.96. The number of rotatable bonds is 3. The summed E-state index contributed by atoms with van der Waals surface area (Å²) in [7, 11) is 0. The van der Waals surface area contributed by atoms with Gasteiger partial charge in [0.05, 0.1) is 22.6 Å². The zero-order chi connectivity index (χ0) is 19.0. The fourth-order valence-electron chi connectivity index (χ4n) is 3.73. The van der Waals surface area contributed by atoms with Crippen LogP contribution < -0.4 is 0 Å². The molecule has 1 aliphatic heterocycles. The fraction of sp³-hybridized carbons (Fsp3) is 0.350. The van der Waals surface area contributed by atoms with Crippen molar-refractivity contribution in [3.8, 4) is 0 Å². The van der Waals surface area contributed by atoms with Crippen molar-refractivity contribution in [1.29, 1.82) is 0 Å². The van der Waals surface area contributed by atoms with Crippen molar-refractivity contribution in [3.63, 3.8) is 0 Å². The van der Waals surface area contributed by atoms with Gasteiger partial charge in [-0.15, -0.1) is 0 Å². The van der Waals surface area contributed by atoms with Crippen LogP contribution in [0.15, 0.2) is 42.5 Å². The second-order valence-corrected chi connectivity index (χ2v) is 7.40. The zero-order valence-electron chi connectivity index (χ0n) is 14.6. The van der Waals surface area contributed by atoms with E-state index in [4.69, 9.17) is 16.6 Å². The lowest BCUT2D eigenvalue weighted by Gasteiger charge is -2.34. The van der Waals surface area contributed by atoms with Crippen LogP contribution in [0.1, 0.15) is 42.3 Å². The Morgan fingerprint density at radius 2 is 2.00 bits per heavy atom. The number of benzene rings is 2. The number of H-pyrrole nitrogens is 1. The van der Waals surface area contributed by atoms with E-state index < -0.39 is 11.7 Å². The van der Waals surface area contributed by atoms with E-state index in [0.717, 1.165) is 48.7 Å². The number of aromatic amines is 1. The molecule has 7 heteroatoms. The summed E-state index contributed by atoms with van der Waals surface area (Å²) in [6.07, 6.45) is -1.30. The standard InChI is InChI=1S/C20H19ClF3N3/c21-15-7-8-16-17(11-15)26-19(25-16)18-6-1-2-9-27(18)12-13-4-3-5-14(10-13)20(22,23)24/h3-5,7-8,10-11,18H,1-2,6,9,12H2,(H,25,26). The number of alkyl halides is 3. The van der Waals surface area contributed by atoms with Crippen LogP contribution >= 0.6 is 11.6 Å². The van der Waals surface area contributed by atoms with E-state index >= 15 is 0 Å². The summed E-state index contributed by atoms with van der Waals surface area (Å²) in [5, 5.41) is 0.641. The number of hydrogen-bond acceptors (Lipinski definition) is 2. The van der Waals surface area contributed by atoms with E-state index in [9.17, 15) is 13.2 Å². The van der Waals surface area contributed by atoms with E-state index in [-0.39, 0.29) is 6.04 Å². The normalized spacial score (nSPS) is 18.9. The van der Waals surface area contributed by atoms with Gasteiger partial charge in [0.15, 0.2) is 0 Å². The number of nitrogens with one attached hydrogen (secondary N) is 1. The first kappa shape index (κ1) is 18.3. The molecule has 0 bridgehead atoms. The number of hydrogen-bond donors (Lipinski definition) is 1. The van der Waals surface area contributed by atoms with Crippen molar-refractivity contribution >= 4 is 22.6 Å². The lowest BCUT2D eigenvalue weighted by atomic mass is 10.00. The van der Waals surface area contributed by atoms with Crippen molar-refractivity contribution in [2.45, 2.75) is 38.0 Å². The van der Waals surface area contributed by atoms with Crippen LogP contribution in [0.2, 0.25) is 5.02 Å². The first-order valence-corrected chi connectivity index (χ1v) is 9.33. The summed E-state index contributed by atoms with van der Waals surface area (Å²) in [5.41, 5.74) is 1.78. The van der Waals surface area contributed by atoms with Gasteiger partial charge in [-0.1, -0.05) is 36.2 Å². The highest BCUT2D eigenvalue weighted by atomic mass is 35.5. The number of likely N-dealkylation sites (tertiary alicyclic amines) is 1. The highest BCUT2D eigenvalue weighted by molar-refractivity contribution is 6.31. The molecule has 0 saturated carbocycles. The molecule has 1 unspecified atom stereocenters. The SMILES string of the molecule is FC(F)(F)c1cccc(CN2CCCCC2c2nc3ccc(Cl)cc3[nH]2)c1. The zero-order valence-corrected chi connectivity index (χ0v) is 15.3. The third-order valence-corrected chi connectivity index (χ3v) is 5.27. The minimum atomic E-state index is -4.32. The van der Waals surface area contributed by atoms with Crippen LogP contribution in [-0.2, 0) is 12.7 Å². The molecule has 1 fully saturated rings. The van der Waals surface area contributed by atoms with Crippen LogP contribution in [0.5, 0.6) is 0 Å². The summed E-state index contributed by atoms with van der Waals surface area (Å²) in [6.45, 7) is 1.30. The Balaban J connectivity index is 1.60. The van der Waals surface area contributed by atoms with Gasteiger partial charge in [0.25, 0.3) is 0 Å². The summed E-state index contributed by atoms with van der Waals surface area (Å²) >= 11 is 6.05. The van der Waals surface area contributed by atoms with Gasteiger partial charge in [0.2, 0.25) is 0 Å². The molecular formula is C20H19ClF3N3. The first-order valence-electron chi connectivity index (χ1n) is 8.95. The molecule has 1 saturated heterocycles. The van der Waals surface area contributed by atoms with Gasteiger partial charge in [-0.05, 0) is 49.2 Å². The van der Waals surface area contributed by atoms with Crippen molar-refractivity contribution < 1.29 is 13.2 Å². The Hall–Kier alpha value is -2.05. The van der Waals surface area contributed by atoms with Gasteiger partial charge in [-0.3, -0.25) is 4.90 Å². The summed E-state index contributed by atoms with van der Waals surface area (Å²) in [4.78, 5) is 10.2. The Bertz CT molecular complexity index is 951.